The number of carbonyl (C=O) groups excluding carboxylic acids is 1. The van der Waals surface area contributed by atoms with E-state index in [9.17, 15) is 4.79 Å². The van der Waals surface area contributed by atoms with E-state index < -0.39 is 5.60 Å². The number of carbonyl (C=O) groups is 1. The van der Waals surface area contributed by atoms with Crippen LogP contribution in [0.2, 0.25) is 0 Å². The molecule has 1 aliphatic carbocycles. The molecule has 1 aromatic carbocycles. The summed E-state index contributed by atoms with van der Waals surface area (Å²) < 4.78 is 5.42. The van der Waals surface area contributed by atoms with Crippen molar-refractivity contribution in [3.05, 3.63) is 35.4 Å². The van der Waals surface area contributed by atoms with Crippen LogP contribution in [0.25, 0.3) is 0 Å². The van der Waals surface area contributed by atoms with Crippen molar-refractivity contribution in [1.82, 2.24) is 10.6 Å². The molecule has 1 fully saturated rings. The first kappa shape index (κ1) is 13.4. The molecule has 0 spiro atoms. The number of amides is 1. The van der Waals surface area contributed by atoms with Crippen LogP contribution in [0, 0.1) is 0 Å². The van der Waals surface area contributed by atoms with Gasteiger partial charge in [0.15, 0.2) is 0 Å². The van der Waals surface area contributed by atoms with Gasteiger partial charge in [0.05, 0.1) is 5.54 Å². The minimum absolute atomic E-state index is 0.230. The van der Waals surface area contributed by atoms with E-state index in [-0.39, 0.29) is 11.6 Å². The van der Waals surface area contributed by atoms with E-state index in [0.717, 1.165) is 19.5 Å². The van der Waals surface area contributed by atoms with Gasteiger partial charge in [-0.2, -0.15) is 0 Å². The second-order valence-corrected chi connectivity index (χ2v) is 6.84. The summed E-state index contributed by atoms with van der Waals surface area (Å²) in [6.07, 6.45) is 0.555. The van der Waals surface area contributed by atoms with Crippen molar-refractivity contribution in [3.63, 3.8) is 0 Å². The summed E-state index contributed by atoms with van der Waals surface area (Å²) in [6, 6.07) is 8.47. The first-order valence-corrected chi connectivity index (χ1v) is 7.19. The van der Waals surface area contributed by atoms with E-state index in [0.29, 0.717) is 5.92 Å². The third-order valence-electron chi connectivity index (χ3n) is 4.14. The van der Waals surface area contributed by atoms with E-state index in [1.54, 1.807) is 0 Å². The highest BCUT2D eigenvalue weighted by Crippen LogP contribution is 2.43. The molecule has 0 saturated carbocycles. The zero-order valence-electron chi connectivity index (χ0n) is 12.3. The van der Waals surface area contributed by atoms with Crippen molar-refractivity contribution < 1.29 is 9.53 Å². The SMILES string of the molecule is CC(C)(C)OC(=O)NC12CNCC1c1ccccc1C2. The van der Waals surface area contributed by atoms with Gasteiger partial charge < -0.3 is 15.4 Å². The molecule has 1 saturated heterocycles. The van der Waals surface area contributed by atoms with E-state index in [4.69, 9.17) is 4.74 Å². The first-order valence-electron chi connectivity index (χ1n) is 7.19. The minimum Gasteiger partial charge on any atom is -0.444 e. The number of fused-ring (bicyclic) bond motifs is 3. The van der Waals surface area contributed by atoms with Gasteiger partial charge in [0.2, 0.25) is 0 Å². The van der Waals surface area contributed by atoms with Crippen LogP contribution in [-0.2, 0) is 11.2 Å². The Labute approximate surface area is 119 Å². The van der Waals surface area contributed by atoms with Gasteiger partial charge in [0.1, 0.15) is 5.60 Å². The lowest BCUT2D eigenvalue weighted by atomic mass is 9.88. The summed E-state index contributed by atoms with van der Waals surface area (Å²) in [5.74, 6) is 0.339. The van der Waals surface area contributed by atoms with Crippen LogP contribution in [0.5, 0.6) is 0 Å². The van der Waals surface area contributed by atoms with Gasteiger partial charge in [-0.3, -0.25) is 0 Å². The van der Waals surface area contributed by atoms with E-state index in [1.165, 1.54) is 11.1 Å². The molecular weight excluding hydrogens is 252 g/mol. The summed E-state index contributed by atoms with van der Waals surface area (Å²) in [6.45, 7) is 7.37. The maximum Gasteiger partial charge on any atom is 0.408 e. The van der Waals surface area contributed by atoms with E-state index in [2.05, 4.69) is 34.9 Å². The minimum atomic E-state index is -0.465. The summed E-state index contributed by atoms with van der Waals surface area (Å²) >= 11 is 0. The Morgan fingerprint density at radius 1 is 1.40 bits per heavy atom. The predicted molar refractivity (Wildman–Crippen MR) is 77.9 cm³/mol. The van der Waals surface area contributed by atoms with Gasteiger partial charge in [-0.1, -0.05) is 24.3 Å². The lowest BCUT2D eigenvalue weighted by Crippen LogP contribution is -2.53. The second-order valence-electron chi connectivity index (χ2n) is 6.84. The smallest absolute Gasteiger partial charge is 0.408 e. The molecule has 2 aliphatic rings. The highest BCUT2D eigenvalue weighted by atomic mass is 16.6. The quantitative estimate of drug-likeness (QED) is 0.825. The predicted octanol–water partition coefficient (Wildman–Crippen LogP) is 2.19. The molecule has 0 aromatic heterocycles. The Kier molecular flexibility index (Phi) is 3.01. The van der Waals surface area contributed by atoms with Crippen molar-refractivity contribution in [1.29, 1.82) is 0 Å². The van der Waals surface area contributed by atoms with Gasteiger partial charge >= 0.3 is 6.09 Å². The molecule has 0 bridgehead atoms. The molecule has 1 amide bonds. The Morgan fingerprint density at radius 3 is 2.90 bits per heavy atom. The third-order valence-corrected chi connectivity index (χ3v) is 4.14. The van der Waals surface area contributed by atoms with Crippen molar-refractivity contribution in [2.24, 2.45) is 0 Å². The lowest BCUT2D eigenvalue weighted by Gasteiger charge is -2.31. The summed E-state index contributed by atoms with van der Waals surface area (Å²) in [7, 11) is 0. The molecule has 2 unspecified atom stereocenters. The number of hydrogen-bond donors (Lipinski definition) is 2. The molecule has 4 nitrogen and oxygen atoms in total. The van der Waals surface area contributed by atoms with Crippen LogP contribution in [-0.4, -0.2) is 30.3 Å². The Bertz CT molecular complexity index is 536. The molecule has 1 aromatic rings. The van der Waals surface area contributed by atoms with Crippen molar-refractivity contribution in [2.75, 3.05) is 13.1 Å². The van der Waals surface area contributed by atoms with E-state index in [1.807, 2.05) is 20.8 Å². The normalized spacial score (nSPS) is 27.9. The second kappa shape index (κ2) is 4.48. The Morgan fingerprint density at radius 2 is 2.15 bits per heavy atom. The van der Waals surface area contributed by atoms with Crippen molar-refractivity contribution in [2.45, 2.75) is 44.2 Å². The molecule has 4 heteroatoms. The molecule has 3 rings (SSSR count). The first-order chi connectivity index (χ1) is 9.40. The average molecular weight is 274 g/mol. The number of hydrogen-bond acceptors (Lipinski definition) is 3. The van der Waals surface area contributed by atoms with Crippen LogP contribution in [0.1, 0.15) is 37.8 Å². The molecule has 108 valence electrons. The number of alkyl carbamates (subject to hydrolysis) is 1. The van der Waals surface area contributed by atoms with Gasteiger partial charge in [-0.05, 0) is 38.3 Å². The van der Waals surface area contributed by atoms with Gasteiger partial charge in [-0.25, -0.2) is 4.79 Å². The van der Waals surface area contributed by atoms with Crippen LogP contribution in [0.4, 0.5) is 4.79 Å². The molecule has 1 aliphatic heterocycles. The molecule has 2 N–H and O–H groups in total. The monoisotopic (exact) mass is 274 g/mol. The maximum absolute atomic E-state index is 12.1. The summed E-state index contributed by atoms with van der Waals surface area (Å²) in [5, 5.41) is 6.54. The molecule has 1 heterocycles. The van der Waals surface area contributed by atoms with Gasteiger partial charge in [0.25, 0.3) is 0 Å². The molecule has 20 heavy (non-hydrogen) atoms. The summed E-state index contributed by atoms with van der Waals surface area (Å²) in [5.41, 5.74) is 2.00. The number of nitrogens with one attached hydrogen (secondary N) is 2. The van der Waals surface area contributed by atoms with Crippen molar-refractivity contribution >= 4 is 6.09 Å². The zero-order valence-corrected chi connectivity index (χ0v) is 12.3. The fourth-order valence-electron chi connectivity index (χ4n) is 3.41. The maximum atomic E-state index is 12.1. The van der Waals surface area contributed by atoms with Crippen LogP contribution in [0.3, 0.4) is 0 Å². The molecular formula is C16H22N2O2. The van der Waals surface area contributed by atoms with Gasteiger partial charge in [0, 0.05) is 19.0 Å². The standard InChI is InChI=1S/C16H22N2O2/c1-15(2,3)20-14(19)18-16-8-11-6-4-5-7-12(11)13(16)9-17-10-16/h4-7,13,17H,8-10H2,1-3H3,(H,18,19). The zero-order chi connectivity index (χ0) is 14.4. The molecule has 2 atom stereocenters. The Balaban J connectivity index is 1.81. The summed E-state index contributed by atoms with van der Waals surface area (Å²) in [4.78, 5) is 12.1. The lowest BCUT2D eigenvalue weighted by molar-refractivity contribution is 0.0460. The van der Waals surface area contributed by atoms with Crippen LogP contribution in [0.15, 0.2) is 24.3 Å². The van der Waals surface area contributed by atoms with Crippen LogP contribution < -0.4 is 10.6 Å². The highest BCUT2D eigenvalue weighted by molar-refractivity contribution is 5.70. The highest BCUT2D eigenvalue weighted by Gasteiger charge is 2.50. The number of ether oxygens (including phenoxy) is 1. The number of rotatable bonds is 1. The molecule has 0 radical (unpaired) electrons. The van der Waals surface area contributed by atoms with Crippen molar-refractivity contribution in [3.8, 4) is 0 Å². The number of benzene rings is 1. The van der Waals surface area contributed by atoms with Gasteiger partial charge in [-0.15, -0.1) is 0 Å². The third kappa shape index (κ3) is 2.29. The van der Waals surface area contributed by atoms with Crippen LogP contribution >= 0.6 is 0 Å². The average Bonchev–Trinajstić information content (AvgIpc) is 2.81. The Hall–Kier alpha value is -1.55. The van der Waals surface area contributed by atoms with E-state index >= 15 is 0 Å². The topological polar surface area (TPSA) is 50.4 Å². The fourth-order valence-corrected chi connectivity index (χ4v) is 3.41. The fraction of sp³-hybridized carbons (Fsp3) is 0.562. The largest absolute Gasteiger partial charge is 0.444 e.